The summed E-state index contributed by atoms with van der Waals surface area (Å²) in [4.78, 5) is 0. The molecule has 0 unspecified atom stereocenters. The first-order valence-corrected chi connectivity index (χ1v) is 3.24. The van der Waals surface area contributed by atoms with Gasteiger partial charge in [0.05, 0.1) is 12.7 Å². The van der Waals surface area contributed by atoms with E-state index in [0.29, 0.717) is 0 Å². The summed E-state index contributed by atoms with van der Waals surface area (Å²) in [5.41, 5.74) is 0. The lowest BCUT2D eigenvalue weighted by Gasteiger charge is -2.31. The van der Waals surface area contributed by atoms with Gasteiger partial charge in [-0.05, 0) is 6.92 Å². The summed E-state index contributed by atoms with van der Waals surface area (Å²) in [7, 11) is 0. The summed E-state index contributed by atoms with van der Waals surface area (Å²) in [5, 5.41) is 17.9. The van der Waals surface area contributed by atoms with Crippen LogP contribution in [0.2, 0.25) is 0 Å². The van der Waals surface area contributed by atoms with Gasteiger partial charge in [0.15, 0.2) is 6.17 Å². The summed E-state index contributed by atoms with van der Waals surface area (Å²) in [6, 6.07) is 0. The minimum absolute atomic E-state index is 0.126. The van der Waals surface area contributed by atoms with Gasteiger partial charge in [0, 0.05) is 0 Å². The number of aliphatic hydroxyl groups is 2. The molecule has 1 saturated heterocycles. The summed E-state index contributed by atoms with van der Waals surface area (Å²) in [6.07, 6.45) is -4.30. The first-order valence-electron chi connectivity index (χ1n) is 3.24. The average molecular weight is 150 g/mol. The number of hydrogen-bond acceptors (Lipinski definition) is 3. The van der Waals surface area contributed by atoms with Crippen LogP contribution in [0.3, 0.4) is 0 Å². The van der Waals surface area contributed by atoms with E-state index >= 15 is 0 Å². The predicted molar refractivity (Wildman–Crippen MR) is 32.3 cm³/mol. The highest BCUT2D eigenvalue weighted by atomic mass is 19.1. The van der Waals surface area contributed by atoms with E-state index in [1.165, 1.54) is 0 Å². The molecule has 4 atom stereocenters. The number of halogens is 1. The third-order valence-corrected chi connectivity index (χ3v) is 1.72. The van der Waals surface area contributed by atoms with Gasteiger partial charge in [0.2, 0.25) is 0 Å². The molecule has 0 aliphatic carbocycles. The van der Waals surface area contributed by atoms with Crippen LogP contribution in [0.1, 0.15) is 6.92 Å². The van der Waals surface area contributed by atoms with E-state index in [-0.39, 0.29) is 6.61 Å². The Morgan fingerprint density at radius 3 is 2.50 bits per heavy atom. The molecule has 1 heterocycles. The Morgan fingerprint density at radius 2 is 2.00 bits per heavy atom. The van der Waals surface area contributed by atoms with Crippen LogP contribution in [-0.2, 0) is 4.74 Å². The monoisotopic (exact) mass is 150 g/mol. The number of aliphatic hydroxyl groups excluding tert-OH is 2. The minimum Gasteiger partial charge on any atom is -0.388 e. The predicted octanol–water partition coefficient (Wildman–Crippen LogP) is -0.535. The second-order valence-electron chi connectivity index (χ2n) is 2.54. The Labute approximate surface area is 58.4 Å². The maximum Gasteiger partial charge on any atom is 0.152 e. The van der Waals surface area contributed by atoms with Gasteiger partial charge in [0.1, 0.15) is 12.2 Å². The highest BCUT2D eigenvalue weighted by Crippen LogP contribution is 2.16. The van der Waals surface area contributed by atoms with Crippen LogP contribution < -0.4 is 0 Å². The first-order chi connectivity index (χ1) is 4.63. The first kappa shape index (κ1) is 7.91. The second kappa shape index (κ2) is 2.82. The lowest BCUT2D eigenvalue weighted by atomic mass is 10.0. The molecule has 0 bridgehead atoms. The zero-order valence-electron chi connectivity index (χ0n) is 5.70. The molecule has 10 heavy (non-hydrogen) atoms. The van der Waals surface area contributed by atoms with Crippen LogP contribution in [-0.4, -0.2) is 41.3 Å². The van der Waals surface area contributed by atoms with Crippen molar-refractivity contribution in [1.29, 1.82) is 0 Å². The quantitative estimate of drug-likeness (QED) is 0.488. The summed E-state index contributed by atoms with van der Waals surface area (Å²) >= 11 is 0. The van der Waals surface area contributed by atoms with E-state index in [0.717, 1.165) is 0 Å². The molecule has 0 radical (unpaired) electrons. The van der Waals surface area contributed by atoms with E-state index in [1.807, 2.05) is 0 Å². The molecule has 0 aromatic rings. The van der Waals surface area contributed by atoms with Gasteiger partial charge in [-0.2, -0.15) is 0 Å². The standard InChI is InChI=1S/C6H11FO3/c1-3-5(8)6(9)4(7)2-10-3/h3-6,8-9H,2H2,1H3/t3-,4-,5-,6-/m0/s1. The van der Waals surface area contributed by atoms with Crippen molar-refractivity contribution in [2.45, 2.75) is 31.4 Å². The smallest absolute Gasteiger partial charge is 0.152 e. The average Bonchev–Trinajstić information content (AvgIpc) is 1.93. The van der Waals surface area contributed by atoms with Gasteiger partial charge in [-0.15, -0.1) is 0 Å². The largest absolute Gasteiger partial charge is 0.388 e. The summed E-state index contributed by atoms with van der Waals surface area (Å²) < 4.78 is 17.3. The molecule has 4 heteroatoms. The molecule has 1 fully saturated rings. The lowest BCUT2D eigenvalue weighted by molar-refractivity contribution is -0.162. The van der Waals surface area contributed by atoms with Crippen molar-refractivity contribution < 1.29 is 19.3 Å². The van der Waals surface area contributed by atoms with Crippen molar-refractivity contribution in [3.05, 3.63) is 0 Å². The second-order valence-corrected chi connectivity index (χ2v) is 2.54. The molecular formula is C6H11FO3. The molecule has 1 aliphatic rings. The van der Waals surface area contributed by atoms with Crippen molar-refractivity contribution in [1.82, 2.24) is 0 Å². The van der Waals surface area contributed by atoms with Crippen molar-refractivity contribution in [2.75, 3.05) is 6.61 Å². The molecule has 2 N–H and O–H groups in total. The zero-order valence-corrected chi connectivity index (χ0v) is 5.70. The fourth-order valence-electron chi connectivity index (χ4n) is 0.933. The number of rotatable bonds is 0. The molecule has 1 rings (SSSR count). The lowest BCUT2D eigenvalue weighted by Crippen LogP contribution is -2.49. The highest BCUT2D eigenvalue weighted by molar-refractivity contribution is 4.84. The van der Waals surface area contributed by atoms with E-state index in [4.69, 9.17) is 14.9 Å². The zero-order chi connectivity index (χ0) is 7.72. The van der Waals surface area contributed by atoms with Gasteiger partial charge >= 0.3 is 0 Å². The Kier molecular flexibility index (Phi) is 2.23. The Morgan fingerprint density at radius 1 is 1.40 bits per heavy atom. The third kappa shape index (κ3) is 1.28. The topological polar surface area (TPSA) is 49.7 Å². The fourth-order valence-corrected chi connectivity index (χ4v) is 0.933. The van der Waals surface area contributed by atoms with Crippen LogP contribution >= 0.6 is 0 Å². The molecule has 60 valence electrons. The fraction of sp³-hybridized carbons (Fsp3) is 1.00. The van der Waals surface area contributed by atoms with Crippen LogP contribution in [0, 0.1) is 0 Å². The van der Waals surface area contributed by atoms with Crippen molar-refractivity contribution in [3.63, 3.8) is 0 Å². The van der Waals surface area contributed by atoms with Crippen LogP contribution in [0.5, 0.6) is 0 Å². The molecular weight excluding hydrogens is 139 g/mol. The van der Waals surface area contributed by atoms with Crippen molar-refractivity contribution in [2.24, 2.45) is 0 Å². The van der Waals surface area contributed by atoms with Gasteiger partial charge in [-0.3, -0.25) is 0 Å². The summed E-state index contributed by atoms with van der Waals surface area (Å²) in [5.74, 6) is 0. The van der Waals surface area contributed by atoms with Crippen LogP contribution in [0.25, 0.3) is 0 Å². The van der Waals surface area contributed by atoms with E-state index < -0.39 is 24.5 Å². The molecule has 0 aromatic heterocycles. The number of ether oxygens (including phenoxy) is 1. The third-order valence-electron chi connectivity index (χ3n) is 1.72. The van der Waals surface area contributed by atoms with Gasteiger partial charge < -0.3 is 14.9 Å². The Hall–Kier alpha value is -0.190. The Balaban J connectivity index is 2.52. The SMILES string of the molecule is C[C@@H]1OC[C@H](F)[C@H](O)[C@H]1O. The van der Waals surface area contributed by atoms with Crippen molar-refractivity contribution >= 4 is 0 Å². The normalized spacial score (nSPS) is 49.2. The maximum atomic E-state index is 12.5. The number of hydrogen-bond donors (Lipinski definition) is 2. The Bertz CT molecular complexity index is 106. The van der Waals surface area contributed by atoms with Gasteiger partial charge in [0.25, 0.3) is 0 Å². The molecule has 0 saturated carbocycles. The summed E-state index contributed by atoms with van der Waals surface area (Å²) in [6.45, 7) is 1.47. The molecule has 0 aromatic carbocycles. The van der Waals surface area contributed by atoms with Gasteiger partial charge in [-0.1, -0.05) is 0 Å². The van der Waals surface area contributed by atoms with Gasteiger partial charge in [-0.25, -0.2) is 4.39 Å². The van der Waals surface area contributed by atoms with Crippen LogP contribution in [0.15, 0.2) is 0 Å². The molecule has 0 spiro atoms. The minimum atomic E-state index is -1.45. The highest BCUT2D eigenvalue weighted by Gasteiger charge is 2.35. The maximum absolute atomic E-state index is 12.5. The molecule has 3 nitrogen and oxygen atoms in total. The van der Waals surface area contributed by atoms with E-state index in [2.05, 4.69) is 0 Å². The molecule has 0 amide bonds. The van der Waals surface area contributed by atoms with Crippen LogP contribution in [0.4, 0.5) is 4.39 Å². The van der Waals surface area contributed by atoms with E-state index in [9.17, 15) is 4.39 Å². The van der Waals surface area contributed by atoms with Crippen molar-refractivity contribution in [3.8, 4) is 0 Å². The number of alkyl halides is 1. The molecule has 1 aliphatic heterocycles. The van der Waals surface area contributed by atoms with E-state index in [1.54, 1.807) is 6.92 Å².